The molecule has 0 aromatic rings. The van der Waals surface area contributed by atoms with Crippen LogP contribution in [-0.4, -0.2) is 11.7 Å². The highest BCUT2D eigenvalue weighted by Crippen LogP contribution is 2.22. The van der Waals surface area contributed by atoms with Crippen LogP contribution in [0.15, 0.2) is 23.2 Å². The van der Waals surface area contributed by atoms with Crippen LogP contribution in [-0.2, 0) is 4.74 Å². The van der Waals surface area contributed by atoms with Crippen molar-refractivity contribution in [2.45, 2.75) is 20.3 Å². The maximum absolute atomic E-state index is 9.42. The average molecular weight is 153 g/mol. The van der Waals surface area contributed by atoms with Crippen LogP contribution in [0.5, 0.6) is 0 Å². The molecule has 2 nitrogen and oxygen atoms in total. The summed E-state index contributed by atoms with van der Waals surface area (Å²) in [6.45, 7) is 4.38. The molecule has 0 amide bonds. The summed E-state index contributed by atoms with van der Waals surface area (Å²) in [6, 6.07) is 0. The molecule has 0 aromatic carbocycles. The zero-order valence-electron chi connectivity index (χ0n) is 6.92. The predicted molar refractivity (Wildman–Crippen MR) is 44.0 cm³/mol. The minimum atomic E-state index is 0.276. The summed E-state index contributed by atoms with van der Waals surface area (Å²) in [7, 11) is 0. The lowest BCUT2D eigenvalue weighted by Crippen LogP contribution is -2.03. The topological polar surface area (TPSA) is 29.5 Å². The highest BCUT2D eigenvalue weighted by atomic mass is 16.5. The second-order valence-electron chi connectivity index (χ2n) is 2.47. The van der Waals surface area contributed by atoms with Crippen molar-refractivity contribution >= 4 is 0 Å². The third-order valence-electron chi connectivity index (χ3n) is 1.63. The Morgan fingerprint density at radius 2 is 2.36 bits per heavy atom. The second-order valence-corrected chi connectivity index (χ2v) is 2.47. The smallest absolute Gasteiger partial charge is 0.156 e. The molecule has 1 N–H and O–H groups in total. The van der Waals surface area contributed by atoms with Crippen molar-refractivity contribution in [1.82, 2.24) is 0 Å². The van der Waals surface area contributed by atoms with Gasteiger partial charge in [-0.15, -0.1) is 0 Å². The summed E-state index contributed by atoms with van der Waals surface area (Å²) in [5.41, 5.74) is 0.899. The highest BCUT2D eigenvalue weighted by Gasteiger charge is 2.12. The van der Waals surface area contributed by atoms with Crippen molar-refractivity contribution in [2.24, 2.45) is 0 Å². The Labute approximate surface area is 67.2 Å². The fourth-order valence-corrected chi connectivity index (χ4v) is 1.01. The van der Waals surface area contributed by atoms with Crippen molar-refractivity contribution in [3.8, 4) is 0 Å². The van der Waals surface area contributed by atoms with E-state index in [9.17, 15) is 5.11 Å². The van der Waals surface area contributed by atoms with Crippen LogP contribution < -0.4 is 0 Å². The second kappa shape index (κ2) is 3.46. The lowest BCUT2D eigenvalue weighted by atomic mass is 10.1. The van der Waals surface area contributed by atoms with Gasteiger partial charge in [-0.2, -0.15) is 0 Å². The van der Waals surface area contributed by atoms with Crippen molar-refractivity contribution in [3.05, 3.63) is 29.6 Å². The minimum absolute atomic E-state index is 0.276. The summed E-state index contributed by atoms with van der Waals surface area (Å²) < 4.78 is 5.20. The van der Waals surface area contributed by atoms with E-state index >= 15 is 0 Å². The summed E-state index contributed by atoms with van der Waals surface area (Å²) in [5.74, 6) is 0.894. The van der Waals surface area contributed by atoms with Gasteiger partial charge in [0.15, 0.2) is 5.76 Å². The van der Waals surface area contributed by atoms with Gasteiger partial charge >= 0.3 is 0 Å². The molecule has 2 heteroatoms. The first kappa shape index (κ1) is 8.18. The third-order valence-corrected chi connectivity index (χ3v) is 1.63. The van der Waals surface area contributed by atoms with Crippen LogP contribution in [0.3, 0.4) is 0 Å². The van der Waals surface area contributed by atoms with E-state index in [1.807, 2.05) is 26.3 Å². The van der Waals surface area contributed by atoms with Gasteiger partial charge in [0.2, 0.25) is 0 Å². The number of ether oxygens (including phenoxy) is 1. The van der Waals surface area contributed by atoms with Gasteiger partial charge in [0.05, 0.1) is 6.61 Å². The molecule has 0 saturated heterocycles. The predicted octanol–water partition coefficient (Wildman–Crippen LogP) is 2.35. The third kappa shape index (κ3) is 1.76. The monoisotopic (exact) mass is 153 g/mol. The van der Waals surface area contributed by atoms with Gasteiger partial charge in [-0.25, -0.2) is 0 Å². The Kier molecular flexibility index (Phi) is 2.58. The Morgan fingerprint density at radius 3 is 3.00 bits per heavy atom. The molecule has 0 aliphatic heterocycles. The highest BCUT2D eigenvalue weighted by molar-refractivity contribution is 5.33. The van der Waals surface area contributed by atoms with Gasteiger partial charge in [-0.05, 0) is 25.8 Å². The van der Waals surface area contributed by atoms with Crippen LogP contribution in [0.2, 0.25) is 0 Å². The van der Waals surface area contributed by atoms with Gasteiger partial charge in [-0.3, -0.25) is 0 Å². The molecule has 0 unspecified atom stereocenters. The van der Waals surface area contributed by atoms with E-state index in [4.69, 9.17) is 4.74 Å². The number of aliphatic hydroxyl groups is 1. The molecule has 11 heavy (non-hydrogen) atoms. The molecule has 0 atom stereocenters. The molecule has 0 bridgehead atoms. The first-order chi connectivity index (χ1) is 5.25. The molecule has 1 aliphatic carbocycles. The molecular formula is C9H13O2. The molecule has 0 saturated carbocycles. The number of rotatable bonds is 2. The Balaban J connectivity index is 2.74. The van der Waals surface area contributed by atoms with Crippen LogP contribution in [0, 0.1) is 6.42 Å². The maximum atomic E-state index is 9.42. The maximum Gasteiger partial charge on any atom is 0.156 e. The molecule has 1 aliphatic rings. The number of allylic oxidation sites excluding steroid dienone is 3. The zero-order valence-corrected chi connectivity index (χ0v) is 6.92. The van der Waals surface area contributed by atoms with Crippen molar-refractivity contribution < 1.29 is 9.84 Å². The molecule has 0 fully saturated rings. The van der Waals surface area contributed by atoms with Gasteiger partial charge in [0.25, 0.3) is 0 Å². The lowest BCUT2D eigenvalue weighted by molar-refractivity contribution is 0.211. The van der Waals surface area contributed by atoms with Gasteiger partial charge in [0.1, 0.15) is 5.76 Å². The van der Waals surface area contributed by atoms with E-state index in [1.54, 1.807) is 0 Å². The molecule has 61 valence electrons. The minimum Gasteiger partial charge on any atom is -0.504 e. The van der Waals surface area contributed by atoms with E-state index in [1.165, 1.54) is 0 Å². The van der Waals surface area contributed by atoms with E-state index < -0.39 is 0 Å². The summed E-state index contributed by atoms with van der Waals surface area (Å²) in [5, 5.41) is 9.42. The number of hydrogen-bond acceptors (Lipinski definition) is 2. The molecule has 0 spiro atoms. The summed E-state index contributed by atoms with van der Waals surface area (Å²) in [6.07, 6.45) is 4.70. The number of aliphatic hydroxyl groups excluding tert-OH is 1. The standard InChI is InChI=1S/C9H13O2/c1-3-11-8-6-4-5-7(2)9(8)10/h5-6,10H,3-4H2,1-2H3. The van der Waals surface area contributed by atoms with Crippen LogP contribution in [0.1, 0.15) is 20.3 Å². The molecule has 0 aromatic heterocycles. The van der Waals surface area contributed by atoms with Crippen molar-refractivity contribution in [1.29, 1.82) is 0 Å². The lowest BCUT2D eigenvalue weighted by Gasteiger charge is -2.14. The van der Waals surface area contributed by atoms with E-state index in [0.29, 0.717) is 12.4 Å². The Hall–Kier alpha value is -0.920. The fraction of sp³-hybridized carbons (Fsp3) is 0.444. The van der Waals surface area contributed by atoms with E-state index in [2.05, 4.69) is 0 Å². The van der Waals surface area contributed by atoms with Gasteiger partial charge in [-0.1, -0.05) is 6.08 Å². The van der Waals surface area contributed by atoms with Crippen LogP contribution in [0.4, 0.5) is 0 Å². The fourth-order valence-electron chi connectivity index (χ4n) is 1.01. The zero-order chi connectivity index (χ0) is 8.27. The normalized spacial score (nSPS) is 18.2. The molecule has 1 radical (unpaired) electrons. The molecule has 1 rings (SSSR count). The number of hydrogen-bond donors (Lipinski definition) is 1. The quantitative estimate of drug-likeness (QED) is 0.659. The first-order valence-corrected chi connectivity index (χ1v) is 3.82. The van der Waals surface area contributed by atoms with Gasteiger partial charge in [0, 0.05) is 6.42 Å². The van der Waals surface area contributed by atoms with Gasteiger partial charge < -0.3 is 9.84 Å². The molecule has 0 heterocycles. The van der Waals surface area contributed by atoms with E-state index in [-0.39, 0.29) is 5.76 Å². The Morgan fingerprint density at radius 1 is 1.64 bits per heavy atom. The van der Waals surface area contributed by atoms with Crippen LogP contribution in [0.25, 0.3) is 0 Å². The average Bonchev–Trinajstić information content (AvgIpc) is 1.99. The van der Waals surface area contributed by atoms with E-state index in [0.717, 1.165) is 12.0 Å². The Bertz CT molecular complexity index is 202. The van der Waals surface area contributed by atoms with Crippen LogP contribution >= 0.6 is 0 Å². The van der Waals surface area contributed by atoms with Crippen molar-refractivity contribution in [3.63, 3.8) is 0 Å². The molecular weight excluding hydrogens is 140 g/mol. The summed E-state index contributed by atoms with van der Waals surface area (Å²) in [4.78, 5) is 0. The largest absolute Gasteiger partial charge is 0.504 e. The first-order valence-electron chi connectivity index (χ1n) is 3.82. The SMILES string of the molecule is CCOC1=C(O)C(C)=CC[CH]1. The summed E-state index contributed by atoms with van der Waals surface area (Å²) >= 11 is 0. The van der Waals surface area contributed by atoms with Crippen molar-refractivity contribution in [2.75, 3.05) is 6.61 Å².